The summed E-state index contributed by atoms with van der Waals surface area (Å²) in [5, 5.41) is 14.2. The van der Waals surface area contributed by atoms with Gasteiger partial charge >= 0.3 is 5.76 Å². The Bertz CT molecular complexity index is 564. The zero-order valence-electron chi connectivity index (χ0n) is 9.74. The SMILES string of the molecule is O=c1[nH]nc([C@@H]2CCCN(c3cccnn3)C2)o1. The fourth-order valence-electron chi connectivity index (χ4n) is 2.26. The Labute approximate surface area is 103 Å². The second kappa shape index (κ2) is 4.59. The first-order valence-corrected chi connectivity index (χ1v) is 5.91. The minimum Gasteiger partial charge on any atom is -0.392 e. The van der Waals surface area contributed by atoms with E-state index >= 15 is 0 Å². The van der Waals surface area contributed by atoms with Crippen LogP contribution in [0.25, 0.3) is 0 Å². The third kappa shape index (κ3) is 2.11. The third-order valence-electron chi connectivity index (χ3n) is 3.11. The Morgan fingerprint density at radius 2 is 2.44 bits per heavy atom. The highest BCUT2D eigenvalue weighted by molar-refractivity contribution is 5.37. The van der Waals surface area contributed by atoms with Crippen molar-refractivity contribution >= 4 is 5.82 Å². The van der Waals surface area contributed by atoms with Gasteiger partial charge < -0.3 is 9.32 Å². The first-order valence-electron chi connectivity index (χ1n) is 5.91. The smallest absolute Gasteiger partial charge is 0.392 e. The normalized spacial score (nSPS) is 20.0. The molecule has 18 heavy (non-hydrogen) atoms. The molecule has 2 aromatic rings. The van der Waals surface area contributed by atoms with Crippen LogP contribution >= 0.6 is 0 Å². The second-order valence-electron chi connectivity index (χ2n) is 4.32. The summed E-state index contributed by atoms with van der Waals surface area (Å²) in [6, 6.07) is 3.79. The van der Waals surface area contributed by atoms with Crippen molar-refractivity contribution < 1.29 is 4.42 Å². The van der Waals surface area contributed by atoms with E-state index in [0.29, 0.717) is 5.89 Å². The van der Waals surface area contributed by atoms with Gasteiger partial charge in [0.05, 0.1) is 5.92 Å². The van der Waals surface area contributed by atoms with Crippen molar-refractivity contribution in [1.82, 2.24) is 20.4 Å². The van der Waals surface area contributed by atoms with Crippen LogP contribution in [0, 0.1) is 0 Å². The van der Waals surface area contributed by atoms with E-state index in [2.05, 4.69) is 25.3 Å². The molecule has 7 nitrogen and oxygen atoms in total. The Kier molecular flexibility index (Phi) is 2.79. The second-order valence-corrected chi connectivity index (χ2v) is 4.32. The number of nitrogens with one attached hydrogen (secondary N) is 1. The maximum atomic E-state index is 11.0. The van der Waals surface area contributed by atoms with Gasteiger partial charge in [0.25, 0.3) is 0 Å². The van der Waals surface area contributed by atoms with Crippen LogP contribution in [0.1, 0.15) is 24.7 Å². The Hall–Kier alpha value is -2.18. The van der Waals surface area contributed by atoms with E-state index in [4.69, 9.17) is 4.42 Å². The zero-order chi connectivity index (χ0) is 12.4. The standard InChI is InChI=1S/C11H13N5O2/c17-11-15-14-10(18-11)8-3-2-6-16(7-8)9-4-1-5-12-13-9/h1,4-5,8H,2-3,6-7H2,(H,15,17)/t8-/m1/s1. The Morgan fingerprint density at radius 3 is 3.17 bits per heavy atom. The van der Waals surface area contributed by atoms with Crippen LogP contribution in [-0.2, 0) is 0 Å². The Morgan fingerprint density at radius 1 is 1.50 bits per heavy atom. The molecule has 2 aromatic heterocycles. The molecule has 3 heterocycles. The largest absolute Gasteiger partial charge is 0.434 e. The van der Waals surface area contributed by atoms with Crippen LogP contribution in [0.3, 0.4) is 0 Å². The van der Waals surface area contributed by atoms with Gasteiger partial charge in [0, 0.05) is 19.3 Å². The first kappa shape index (κ1) is 10.9. The predicted octanol–water partition coefficient (Wildman–Crippen LogP) is 0.537. The number of nitrogens with zero attached hydrogens (tertiary/aromatic N) is 4. The zero-order valence-corrected chi connectivity index (χ0v) is 9.74. The summed E-state index contributed by atoms with van der Waals surface area (Å²) in [4.78, 5) is 13.1. The van der Waals surface area contributed by atoms with E-state index in [9.17, 15) is 4.79 Å². The molecule has 1 aliphatic heterocycles. The third-order valence-corrected chi connectivity index (χ3v) is 3.11. The lowest BCUT2D eigenvalue weighted by atomic mass is 9.98. The maximum absolute atomic E-state index is 11.0. The number of rotatable bonds is 2. The van der Waals surface area contributed by atoms with Crippen molar-refractivity contribution in [2.45, 2.75) is 18.8 Å². The topological polar surface area (TPSA) is 87.9 Å². The van der Waals surface area contributed by atoms with Crippen LogP contribution in [-0.4, -0.2) is 33.5 Å². The minimum atomic E-state index is -0.498. The number of aromatic amines is 1. The van der Waals surface area contributed by atoms with E-state index in [1.807, 2.05) is 12.1 Å². The molecule has 0 bridgehead atoms. The van der Waals surface area contributed by atoms with Crippen molar-refractivity contribution in [3.63, 3.8) is 0 Å². The number of hydrogen-bond donors (Lipinski definition) is 1. The number of H-pyrrole nitrogens is 1. The molecule has 0 aliphatic carbocycles. The fourth-order valence-corrected chi connectivity index (χ4v) is 2.26. The number of piperidine rings is 1. The maximum Gasteiger partial charge on any atom is 0.434 e. The van der Waals surface area contributed by atoms with Gasteiger partial charge in [-0.05, 0) is 25.0 Å². The fraction of sp³-hybridized carbons (Fsp3) is 0.455. The molecular weight excluding hydrogens is 234 g/mol. The highest BCUT2D eigenvalue weighted by atomic mass is 16.4. The summed E-state index contributed by atoms with van der Waals surface area (Å²) < 4.78 is 5.02. The molecule has 0 radical (unpaired) electrons. The van der Waals surface area contributed by atoms with Gasteiger partial charge in [-0.15, -0.1) is 10.2 Å². The summed E-state index contributed by atoms with van der Waals surface area (Å²) in [5.41, 5.74) is 0. The first-order chi connectivity index (χ1) is 8.83. The van der Waals surface area contributed by atoms with Gasteiger partial charge in [-0.1, -0.05) is 0 Å². The quantitative estimate of drug-likeness (QED) is 0.833. The van der Waals surface area contributed by atoms with Crippen molar-refractivity contribution in [1.29, 1.82) is 0 Å². The van der Waals surface area contributed by atoms with Gasteiger partial charge in [0.15, 0.2) is 5.82 Å². The molecule has 94 valence electrons. The van der Waals surface area contributed by atoms with E-state index in [0.717, 1.165) is 31.7 Å². The van der Waals surface area contributed by atoms with Crippen molar-refractivity contribution in [2.75, 3.05) is 18.0 Å². The van der Waals surface area contributed by atoms with Crippen LogP contribution in [0.2, 0.25) is 0 Å². The summed E-state index contributed by atoms with van der Waals surface area (Å²) in [7, 11) is 0. The van der Waals surface area contributed by atoms with Crippen LogP contribution in [0.15, 0.2) is 27.5 Å². The Balaban J connectivity index is 1.78. The molecule has 3 rings (SSSR count). The van der Waals surface area contributed by atoms with Gasteiger partial charge in [0.2, 0.25) is 5.89 Å². The summed E-state index contributed by atoms with van der Waals surface area (Å²) in [6.45, 7) is 1.68. The van der Waals surface area contributed by atoms with E-state index in [1.54, 1.807) is 6.20 Å². The van der Waals surface area contributed by atoms with Crippen molar-refractivity contribution in [2.24, 2.45) is 0 Å². The number of aromatic nitrogens is 4. The summed E-state index contributed by atoms with van der Waals surface area (Å²) in [6.07, 6.45) is 3.63. The molecule has 1 saturated heterocycles. The molecule has 7 heteroatoms. The number of hydrogen-bond acceptors (Lipinski definition) is 6. The van der Waals surface area contributed by atoms with Crippen molar-refractivity contribution in [3.05, 3.63) is 34.8 Å². The average Bonchev–Trinajstić information content (AvgIpc) is 2.87. The molecule has 0 saturated carbocycles. The highest BCUT2D eigenvalue weighted by Gasteiger charge is 2.26. The number of anilines is 1. The van der Waals surface area contributed by atoms with Crippen LogP contribution in [0.5, 0.6) is 0 Å². The van der Waals surface area contributed by atoms with Crippen molar-refractivity contribution in [3.8, 4) is 0 Å². The van der Waals surface area contributed by atoms with Gasteiger partial charge in [-0.3, -0.25) is 0 Å². The minimum absolute atomic E-state index is 0.125. The average molecular weight is 247 g/mol. The molecular formula is C11H13N5O2. The summed E-state index contributed by atoms with van der Waals surface area (Å²) in [5.74, 6) is 0.954. The highest BCUT2D eigenvalue weighted by Crippen LogP contribution is 2.26. The van der Waals surface area contributed by atoms with Crippen LogP contribution < -0.4 is 10.7 Å². The van der Waals surface area contributed by atoms with E-state index in [-0.39, 0.29) is 5.92 Å². The van der Waals surface area contributed by atoms with E-state index in [1.165, 1.54) is 0 Å². The van der Waals surface area contributed by atoms with Crippen LogP contribution in [0.4, 0.5) is 5.82 Å². The van der Waals surface area contributed by atoms with Gasteiger partial charge in [-0.25, -0.2) is 9.89 Å². The monoisotopic (exact) mass is 247 g/mol. The molecule has 1 fully saturated rings. The molecule has 1 aliphatic rings. The lowest BCUT2D eigenvalue weighted by Crippen LogP contribution is -2.35. The summed E-state index contributed by atoms with van der Waals surface area (Å²) >= 11 is 0. The molecule has 0 spiro atoms. The van der Waals surface area contributed by atoms with Gasteiger partial charge in [0.1, 0.15) is 0 Å². The lowest BCUT2D eigenvalue weighted by Gasteiger charge is -2.31. The lowest BCUT2D eigenvalue weighted by molar-refractivity contribution is 0.384. The molecule has 0 unspecified atom stereocenters. The molecule has 1 N–H and O–H groups in total. The van der Waals surface area contributed by atoms with Gasteiger partial charge in [-0.2, -0.15) is 5.10 Å². The molecule has 0 aromatic carbocycles. The predicted molar refractivity (Wildman–Crippen MR) is 63.3 cm³/mol. The van der Waals surface area contributed by atoms with E-state index < -0.39 is 5.76 Å². The molecule has 0 amide bonds. The molecule has 1 atom stereocenters.